The van der Waals surface area contributed by atoms with Crippen molar-refractivity contribution in [1.82, 2.24) is 14.8 Å². The van der Waals surface area contributed by atoms with Gasteiger partial charge in [0.05, 0.1) is 5.75 Å². The minimum atomic E-state index is -0.0966. The molecular formula is C26H26N4O2S. The average Bonchev–Trinajstić information content (AvgIpc) is 3.26. The lowest BCUT2D eigenvalue weighted by Crippen LogP contribution is -2.14. The number of nitrogens with zero attached hydrogens (tertiary/aromatic N) is 3. The first-order chi connectivity index (χ1) is 16.1. The molecule has 3 aromatic carbocycles. The van der Waals surface area contributed by atoms with E-state index in [4.69, 9.17) is 4.74 Å². The van der Waals surface area contributed by atoms with Gasteiger partial charge in [0.25, 0.3) is 0 Å². The van der Waals surface area contributed by atoms with Crippen molar-refractivity contribution < 1.29 is 9.53 Å². The zero-order valence-electron chi connectivity index (χ0n) is 18.7. The highest BCUT2D eigenvalue weighted by Gasteiger charge is 2.15. The summed E-state index contributed by atoms with van der Waals surface area (Å²) in [5.74, 6) is 1.72. The van der Waals surface area contributed by atoms with Crippen LogP contribution in [0.2, 0.25) is 0 Å². The van der Waals surface area contributed by atoms with E-state index in [0.717, 1.165) is 40.1 Å². The number of nitrogens with one attached hydrogen (secondary N) is 1. The molecule has 1 N–H and O–H groups in total. The third-order valence-electron chi connectivity index (χ3n) is 5.03. The lowest BCUT2D eigenvalue weighted by molar-refractivity contribution is -0.113. The van der Waals surface area contributed by atoms with Crippen molar-refractivity contribution in [2.75, 3.05) is 11.1 Å². The van der Waals surface area contributed by atoms with Gasteiger partial charge < -0.3 is 14.6 Å². The summed E-state index contributed by atoms with van der Waals surface area (Å²) in [6.45, 7) is 5.34. The van der Waals surface area contributed by atoms with E-state index in [0.29, 0.717) is 6.61 Å². The molecule has 0 aliphatic carbocycles. The molecule has 0 fully saturated rings. The first-order valence-corrected chi connectivity index (χ1v) is 11.8. The summed E-state index contributed by atoms with van der Waals surface area (Å²) < 4.78 is 7.83. The van der Waals surface area contributed by atoms with Crippen molar-refractivity contribution in [3.05, 3.63) is 90.0 Å². The van der Waals surface area contributed by atoms with Crippen molar-refractivity contribution in [3.63, 3.8) is 0 Å². The quantitative estimate of drug-likeness (QED) is 0.332. The van der Waals surface area contributed by atoms with Crippen LogP contribution >= 0.6 is 11.8 Å². The normalized spacial score (nSPS) is 10.7. The zero-order chi connectivity index (χ0) is 23.0. The minimum Gasteiger partial charge on any atom is -0.489 e. The summed E-state index contributed by atoms with van der Waals surface area (Å²) in [6.07, 6.45) is 0. The van der Waals surface area contributed by atoms with Gasteiger partial charge in [0, 0.05) is 17.8 Å². The Morgan fingerprint density at radius 2 is 1.79 bits per heavy atom. The summed E-state index contributed by atoms with van der Waals surface area (Å²) in [4.78, 5) is 12.5. The summed E-state index contributed by atoms with van der Waals surface area (Å²) in [5, 5.41) is 12.3. The maximum absolute atomic E-state index is 12.5. The van der Waals surface area contributed by atoms with E-state index in [1.54, 1.807) is 0 Å². The van der Waals surface area contributed by atoms with Crippen LogP contribution in [0.25, 0.3) is 11.4 Å². The standard InChI is InChI=1S/C26H26N4O2S/c1-3-30-25(21-11-7-8-19(2)16-21)28-29-26(30)33-18-24(31)27-22-12-14-23(15-13-22)32-17-20-9-5-4-6-10-20/h4-16H,3,17-18H2,1-2H3,(H,27,31). The van der Waals surface area contributed by atoms with Gasteiger partial charge in [0.15, 0.2) is 11.0 Å². The van der Waals surface area contributed by atoms with Crippen molar-refractivity contribution in [3.8, 4) is 17.1 Å². The van der Waals surface area contributed by atoms with Crippen molar-refractivity contribution in [2.45, 2.75) is 32.2 Å². The lowest BCUT2D eigenvalue weighted by Gasteiger charge is -2.09. The van der Waals surface area contributed by atoms with Crippen LogP contribution in [0.4, 0.5) is 5.69 Å². The molecule has 168 valence electrons. The highest BCUT2D eigenvalue weighted by atomic mass is 32.2. The second kappa shape index (κ2) is 10.8. The number of aryl methyl sites for hydroxylation is 1. The predicted molar refractivity (Wildman–Crippen MR) is 132 cm³/mol. The van der Waals surface area contributed by atoms with Gasteiger partial charge in [0.1, 0.15) is 12.4 Å². The van der Waals surface area contributed by atoms with E-state index in [2.05, 4.69) is 34.6 Å². The van der Waals surface area contributed by atoms with Gasteiger partial charge in [-0.05, 0) is 49.7 Å². The number of ether oxygens (including phenoxy) is 1. The largest absolute Gasteiger partial charge is 0.489 e. The van der Waals surface area contributed by atoms with E-state index in [-0.39, 0.29) is 11.7 Å². The van der Waals surface area contributed by atoms with E-state index < -0.39 is 0 Å². The molecule has 0 radical (unpaired) electrons. The van der Waals surface area contributed by atoms with Gasteiger partial charge in [-0.3, -0.25) is 4.79 Å². The number of hydrogen-bond donors (Lipinski definition) is 1. The molecule has 0 saturated heterocycles. The van der Waals surface area contributed by atoms with E-state index >= 15 is 0 Å². The molecule has 0 aliphatic rings. The molecule has 0 atom stereocenters. The summed E-state index contributed by atoms with van der Waals surface area (Å²) in [7, 11) is 0. The number of hydrogen-bond acceptors (Lipinski definition) is 5. The van der Waals surface area contributed by atoms with Gasteiger partial charge in [0.2, 0.25) is 5.91 Å². The Kier molecular flexibility index (Phi) is 7.42. The van der Waals surface area contributed by atoms with Gasteiger partial charge >= 0.3 is 0 Å². The van der Waals surface area contributed by atoms with Gasteiger partial charge in [-0.2, -0.15) is 0 Å². The minimum absolute atomic E-state index is 0.0966. The van der Waals surface area contributed by atoms with E-state index in [9.17, 15) is 4.79 Å². The Morgan fingerprint density at radius 1 is 1.00 bits per heavy atom. The molecule has 0 saturated carbocycles. The Morgan fingerprint density at radius 3 is 2.52 bits per heavy atom. The van der Waals surface area contributed by atoms with Crippen molar-refractivity contribution in [1.29, 1.82) is 0 Å². The molecule has 6 nitrogen and oxygen atoms in total. The monoisotopic (exact) mass is 458 g/mol. The highest BCUT2D eigenvalue weighted by Crippen LogP contribution is 2.25. The molecule has 4 aromatic rings. The third-order valence-corrected chi connectivity index (χ3v) is 5.99. The molecule has 33 heavy (non-hydrogen) atoms. The van der Waals surface area contributed by atoms with Crippen LogP contribution in [-0.2, 0) is 17.9 Å². The fourth-order valence-corrected chi connectivity index (χ4v) is 4.18. The number of aromatic nitrogens is 3. The first kappa shape index (κ1) is 22.6. The third kappa shape index (κ3) is 6.02. The zero-order valence-corrected chi connectivity index (χ0v) is 19.5. The maximum atomic E-state index is 12.5. The summed E-state index contributed by atoms with van der Waals surface area (Å²) >= 11 is 1.38. The molecule has 1 heterocycles. The van der Waals surface area contributed by atoms with Crippen LogP contribution in [0.5, 0.6) is 5.75 Å². The molecule has 4 rings (SSSR count). The lowest BCUT2D eigenvalue weighted by atomic mass is 10.1. The maximum Gasteiger partial charge on any atom is 0.234 e. The SMILES string of the molecule is CCn1c(SCC(=O)Nc2ccc(OCc3ccccc3)cc2)nnc1-c1cccc(C)c1. The molecule has 0 spiro atoms. The smallest absolute Gasteiger partial charge is 0.234 e. The molecule has 1 amide bonds. The van der Waals surface area contributed by atoms with Crippen LogP contribution in [0.3, 0.4) is 0 Å². The molecule has 0 bridgehead atoms. The Balaban J connectivity index is 1.31. The van der Waals surface area contributed by atoms with Crippen LogP contribution in [-0.4, -0.2) is 26.4 Å². The molecule has 1 aromatic heterocycles. The van der Waals surface area contributed by atoms with Gasteiger partial charge in [-0.25, -0.2) is 0 Å². The Hall–Kier alpha value is -3.58. The molecule has 0 aliphatic heterocycles. The van der Waals surface area contributed by atoms with Crippen LogP contribution in [0.1, 0.15) is 18.1 Å². The number of carbonyl (C=O) groups excluding carboxylic acids is 1. The predicted octanol–water partition coefficient (Wildman–Crippen LogP) is 5.58. The fourth-order valence-electron chi connectivity index (χ4n) is 3.38. The van der Waals surface area contributed by atoms with Gasteiger partial charge in [-0.1, -0.05) is 65.9 Å². The van der Waals surface area contributed by atoms with Crippen LogP contribution in [0.15, 0.2) is 84.0 Å². The number of carbonyl (C=O) groups is 1. The number of anilines is 1. The second-order valence-electron chi connectivity index (χ2n) is 7.56. The fraction of sp³-hybridized carbons (Fsp3) is 0.192. The summed E-state index contributed by atoms with van der Waals surface area (Å²) in [6, 6.07) is 25.6. The number of rotatable bonds is 9. The van der Waals surface area contributed by atoms with E-state index in [1.165, 1.54) is 17.3 Å². The summed E-state index contributed by atoms with van der Waals surface area (Å²) in [5.41, 5.74) is 4.03. The Labute approximate surface area is 198 Å². The molecule has 0 unspecified atom stereocenters. The first-order valence-electron chi connectivity index (χ1n) is 10.8. The van der Waals surface area contributed by atoms with Crippen LogP contribution in [0, 0.1) is 6.92 Å². The number of amides is 1. The topological polar surface area (TPSA) is 69.0 Å². The van der Waals surface area contributed by atoms with Gasteiger partial charge in [-0.15, -0.1) is 10.2 Å². The van der Waals surface area contributed by atoms with Crippen molar-refractivity contribution >= 4 is 23.4 Å². The van der Waals surface area contributed by atoms with Crippen molar-refractivity contribution in [2.24, 2.45) is 0 Å². The highest BCUT2D eigenvalue weighted by molar-refractivity contribution is 7.99. The average molecular weight is 459 g/mol. The Bertz CT molecular complexity index is 1210. The molecule has 7 heteroatoms. The number of thioether (sulfide) groups is 1. The second-order valence-corrected chi connectivity index (χ2v) is 8.50. The van der Waals surface area contributed by atoms with Crippen LogP contribution < -0.4 is 10.1 Å². The molecular weight excluding hydrogens is 432 g/mol. The number of benzene rings is 3. The van der Waals surface area contributed by atoms with E-state index in [1.807, 2.05) is 78.2 Å².